The zero-order chi connectivity index (χ0) is 15.5. The van der Waals surface area contributed by atoms with Gasteiger partial charge < -0.3 is 9.64 Å². The topological polar surface area (TPSA) is 29.5 Å². The van der Waals surface area contributed by atoms with Crippen molar-refractivity contribution < 1.29 is 9.53 Å². The number of rotatable bonds is 4. The molecule has 1 amide bonds. The van der Waals surface area contributed by atoms with Crippen LogP contribution in [0.2, 0.25) is 0 Å². The Labute approximate surface area is 128 Å². The molecule has 115 valence electrons. The van der Waals surface area contributed by atoms with Crippen LogP contribution in [-0.4, -0.2) is 19.6 Å². The van der Waals surface area contributed by atoms with E-state index in [4.69, 9.17) is 4.74 Å². The van der Waals surface area contributed by atoms with Crippen LogP contribution < -0.4 is 9.64 Å². The number of anilines is 1. The lowest BCUT2D eigenvalue weighted by Crippen LogP contribution is -2.30. The lowest BCUT2D eigenvalue weighted by atomic mass is 9.72. The van der Waals surface area contributed by atoms with Crippen LogP contribution in [0.1, 0.15) is 46.5 Å². The molecule has 1 radical (unpaired) electrons. The summed E-state index contributed by atoms with van der Waals surface area (Å²) in [5.41, 5.74) is 1.17. The molecule has 0 bridgehead atoms. The molecule has 2 rings (SSSR count). The van der Waals surface area contributed by atoms with Crippen LogP contribution in [-0.2, 0) is 4.79 Å². The van der Waals surface area contributed by atoms with E-state index in [1.807, 2.05) is 30.7 Å². The Morgan fingerprint density at radius 2 is 1.76 bits per heavy atom. The molecule has 1 aliphatic rings. The van der Waals surface area contributed by atoms with E-state index in [9.17, 15) is 4.79 Å². The van der Waals surface area contributed by atoms with Crippen LogP contribution in [0.25, 0.3) is 0 Å². The first-order valence-corrected chi connectivity index (χ1v) is 7.79. The Kier molecular flexibility index (Phi) is 4.92. The molecule has 1 fully saturated rings. The molecule has 0 saturated heterocycles. The number of carbonyl (C=O) groups excluding carboxylic acids is 1. The molecule has 0 heterocycles. The fourth-order valence-corrected chi connectivity index (χ4v) is 3.11. The van der Waals surface area contributed by atoms with Gasteiger partial charge in [0.2, 0.25) is 0 Å². The third-order valence-electron chi connectivity index (χ3n) is 4.56. The normalized spacial score (nSPS) is 22.7. The standard InChI is InChI=1S/C18H26NO2/c1-18(2,3)14-9-11-15(12-10-14)21-17-8-6-5-7-16(17)19(4)13-20/h5-8,14-15H,9-12H2,1-4H3. The summed E-state index contributed by atoms with van der Waals surface area (Å²) >= 11 is 0. The number of benzene rings is 1. The second-order valence-electron chi connectivity index (χ2n) is 7.08. The third-order valence-corrected chi connectivity index (χ3v) is 4.56. The van der Waals surface area contributed by atoms with Crippen molar-refractivity contribution in [2.24, 2.45) is 11.3 Å². The molecule has 0 aromatic heterocycles. The van der Waals surface area contributed by atoms with Gasteiger partial charge in [0.05, 0.1) is 11.8 Å². The van der Waals surface area contributed by atoms with Crippen molar-refractivity contribution in [2.75, 3.05) is 11.9 Å². The van der Waals surface area contributed by atoms with E-state index in [1.165, 1.54) is 17.7 Å². The van der Waals surface area contributed by atoms with E-state index < -0.39 is 0 Å². The van der Waals surface area contributed by atoms with Crippen LogP contribution in [0, 0.1) is 11.3 Å². The molecule has 3 nitrogen and oxygen atoms in total. The molecule has 1 aromatic rings. The van der Waals surface area contributed by atoms with Gasteiger partial charge in [-0.25, -0.2) is 0 Å². The number of para-hydroxylation sites is 2. The maximum Gasteiger partial charge on any atom is 0.316 e. The summed E-state index contributed by atoms with van der Waals surface area (Å²) in [6.07, 6.45) is 6.75. The summed E-state index contributed by atoms with van der Waals surface area (Å²) in [5, 5.41) is 0. The second kappa shape index (κ2) is 6.50. The fourth-order valence-electron chi connectivity index (χ4n) is 3.11. The summed E-state index contributed by atoms with van der Waals surface area (Å²) in [4.78, 5) is 12.3. The molecule has 21 heavy (non-hydrogen) atoms. The van der Waals surface area contributed by atoms with Crippen molar-refractivity contribution >= 4 is 12.1 Å². The van der Waals surface area contributed by atoms with Crippen molar-refractivity contribution in [1.82, 2.24) is 0 Å². The quantitative estimate of drug-likeness (QED) is 0.778. The van der Waals surface area contributed by atoms with Gasteiger partial charge in [0, 0.05) is 7.05 Å². The van der Waals surface area contributed by atoms with Gasteiger partial charge in [-0.2, -0.15) is 0 Å². The third kappa shape index (κ3) is 3.99. The average Bonchev–Trinajstić information content (AvgIpc) is 2.46. The van der Waals surface area contributed by atoms with Crippen molar-refractivity contribution in [3.8, 4) is 5.75 Å². The van der Waals surface area contributed by atoms with Crippen LogP contribution in [0.3, 0.4) is 0 Å². The molecular weight excluding hydrogens is 262 g/mol. The number of amides is 1. The fraction of sp³-hybridized carbons (Fsp3) is 0.611. The minimum atomic E-state index is 0.254. The molecule has 0 aliphatic heterocycles. The zero-order valence-corrected chi connectivity index (χ0v) is 13.6. The highest BCUT2D eigenvalue weighted by molar-refractivity contribution is 5.78. The first-order valence-electron chi connectivity index (χ1n) is 7.79. The minimum absolute atomic E-state index is 0.254. The van der Waals surface area contributed by atoms with Crippen molar-refractivity contribution in [1.29, 1.82) is 0 Å². The van der Waals surface area contributed by atoms with Gasteiger partial charge in [-0.3, -0.25) is 4.79 Å². The van der Waals surface area contributed by atoms with Crippen molar-refractivity contribution in [2.45, 2.75) is 52.6 Å². The first kappa shape index (κ1) is 15.9. The van der Waals surface area contributed by atoms with E-state index >= 15 is 0 Å². The number of hydrogen-bond donors (Lipinski definition) is 0. The molecular formula is C18H26NO2. The molecule has 1 aliphatic carbocycles. The minimum Gasteiger partial charge on any atom is -0.488 e. The monoisotopic (exact) mass is 288 g/mol. The van der Waals surface area contributed by atoms with Gasteiger partial charge in [-0.1, -0.05) is 32.9 Å². The number of hydrogen-bond acceptors (Lipinski definition) is 2. The summed E-state index contributed by atoms with van der Waals surface area (Å²) < 4.78 is 6.15. The molecule has 1 aromatic carbocycles. The lowest BCUT2D eigenvalue weighted by molar-refractivity contribution is 0.0885. The van der Waals surface area contributed by atoms with Gasteiger partial charge in [-0.05, 0) is 49.1 Å². The highest BCUT2D eigenvalue weighted by Gasteiger charge is 2.30. The Morgan fingerprint density at radius 3 is 2.33 bits per heavy atom. The zero-order valence-electron chi connectivity index (χ0n) is 13.6. The molecule has 1 saturated carbocycles. The number of nitrogens with zero attached hydrogens (tertiary/aromatic N) is 1. The van der Waals surface area contributed by atoms with E-state index in [0.717, 1.165) is 30.2 Å². The Hall–Kier alpha value is -1.51. The van der Waals surface area contributed by atoms with Gasteiger partial charge >= 0.3 is 6.41 Å². The summed E-state index contributed by atoms with van der Waals surface area (Å²) in [6, 6.07) is 7.67. The molecule has 0 spiro atoms. The van der Waals surface area contributed by atoms with Gasteiger partial charge in [0.1, 0.15) is 5.75 Å². The van der Waals surface area contributed by atoms with Gasteiger partial charge in [-0.15, -0.1) is 0 Å². The molecule has 0 N–H and O–H groups in total. The Balaban J connectivity index is 2.00. The maximum absolute atomic E-state index is 10.8. The van der Waals surface area contributed by atoms with Gasteiger partial charge in [0.25, 0.3) is 0 Å². The predicted molar refractivity (Wildman–Crippen MR) is 86.4 cm³/mol. The maximum atomic E-state index is 10.8. The Morgan fingerprint density at radius 1 is 1.14 bits per heavy atom. The molecule has 0 unspecified atom stereocenters. The van der Waals surface area contributed by atoms with Crippen LogP contribution in [0.15, 0.2) is 24.3 Å². The SMILES string of the molecule is CN([C]=O)c1ccccc1OC1CCC(C(C)(C)C)CC1. The summed E-state index contributed by atoms with van der Waals surface area (Å²) in [5.74, 6) is 1.56. The summed E-state index contributed by atoms with van der Waals surface area (Å²) in [7, 11) is 1.70. The lowest BCUT2D eigenvalue weighted by Gasteiger charge is -2.37. The largest absolute Gasteiger partial charge is 0.488 e. The number of ether oxygens (including phenoxy) is 1. The summed E-state index contributed by atoms with van der Waals surface area (Å²) in [6.45, 7) is 6.97. The highest BCUT2D eigenvalue weighted by atomic mass is 16.5. The smallest absolute Gasteiger partial charge is 0.316 e. The van der Waals surface area contributed by atoms with E-state index in [2.05, 4.69) is 20.8 Å². The molecule has 3 heteroatoms. The van der Waals surface area contributed by atoms with Crippen LogP contribution in [0.5, 0.6) is 5.75 Å². The first-order chi connectivity index (χ1) is 9.91. The second-order valence-corrected chi connectivity index (χ2v) is 7.08. The van der Waals surface area contributed by atoms with E-state index in [-0.39, 0.29) is 6.10 Å². The van der Waals surface area contributed by atoms with E-state index in [1.54, 1.807) is 7.05 Å². The van der Waals surface area contributed by atoms with Crippen LogP contribution >= 0.6 is 0 Å². The highest BCUT2D eigenvalue weighted by Crippen LogP contribution is 2.39. The van der Waals surface area contributed by atoms with Gasteiger partial charge in [0.15, 0.2) is 0 Å². The predicted octanol–water partition coefficient (Wildman–Crippen LogP) is 4.17. The van der Waals surface area contributed by atoms with Crippen LogP contribution in [0.4, 0.5) is 5.69 Å². The Bertz CT molecular complexity index is 470. The van der Waals surface area contributed by atoms with Crippen molar-refractivity contribution in [3.05, 3.63) is 24.3 Å². The molecule has 0 atom stereocenters. The average molecular weight is 288 g/mol. The van der Waals surface area contributed by atoms with Crippen molar-refractivity contribution in [3.63, 3.8) is 0 Å². The van der Waals surface area contributed by atoms with E-state index in [0.29, 0.717) is 5.41 Å².